The van der Waals surface area contributed by atoms with E-state index in [9.17, 15) is 0 Å². The van der Waals surface area contributed by atoms with Gasteiger partial charge in [0.1, 0.15) is 0 Å². The summed E-state index contributed by atoms with van der Waals surface area (Å²) in [6, 6.07) is 0. The maximum absolute atomic E-state index is 5.44. The summed E-state index contributed by atoms with van der Waals surface area (Å²) >= 11 is 0. The fourth-order valence-corrected chi connectivity index (χ4v) is 2.38. The van der Waals surface area contributed by atoms with Crippen LogP contribution in [-0.2, 0) is 0 Å². The molecule has 0 saturated carbocycles. The lowest BCUT2D eigenvalue weighted by atomic mass is 10.1. The third-order valence-electron chi connectivity index (χ3n) is 3.87. The van der Waals surface area contributed by atoms with Crippen LogP contribution in [0.25, 0.3) is 0 Å². The van der Waals surface area contributed by atoms with Crippen LogP contribution in [0.4, 0.5) is 0 Å². The van der Waals surface area contributed by atoms with Gasteiger partial charge in [-0.3, -0.25) is 0 Å². The van der Waals surface area contributed by atoms with Crippen LogP contribution in [0.15, 0.2) is 0 Å². The second-order valence-corrected chi connectivity index (χ2v) is 6.17. The smallest absolute Gasteiger partial charge is 0.00773 e. The predicted molar refractivity (Wildman–Crippen MR) is 98.7 cm³/mol. The highest BCUT2D eigenvalue weighted by Gasteiger charge is 1.91. The fourth-order valence-electron chi connectivity index (χ4n) is 2.38. The average molecular weight is 301 g/mol. The molecule has 0 rings (SSSR count). The van der Waals surface area contributed by atoms with Crippen LogP contribution in [-0.4, -0.2) is 13.1 Å². The Bertz CT molecular complexity index is 133. The van der Waals surface area contributed by atoms with Crippen LogP contribution in [0.1, 0.15) is 110 Å². The largest absolute Gasteiger partial charge is 0.330 e. The minimum atomic E-state index is 0.861. The molecule has 0 radical (unpaired) electrons. The zero-order valence-corrected chi connectivity index (χ0v) is 15.2. The molecule has 0 heterocycles. The van der Waals surface area contributed by atoms with Crippen LogP contribution in [0.5, 0.6) is 0 Å². The number of hydrogen-bond donors (Lipinski definition) is 2. The molecule has 4 N–H and O–H groups in total. The molecule has 0 unspecified atom stereocenters. The summed E-state index contributed by atoms with van der Waals surface area (Å²) in [5.41, 5.74) is 10.7. The molecular formula is C19H44N2. The number of unbranched alkanes of at least 4 members (excludes halogenated alkanes) is 13. The van der Waals surface area contributed by atoms with E-state index in [1.54, 1.807) is 0 Å². The Hall–Kier alpha value is -0.0800. The van der Waals surface area contributed by atoms with Gasteiger partial charge in [-0.1, -0.05) is 97.3 Å². The van der Waals surface area contributed by atoms with Crippen LogP contribution < -0.4 is 11.5 Å². The van der Waals surface area contributed by atoms with E-state index in [0.29, 0.717) is 0 Å². The zero-order chi connectivity index (χ0) is 16.0. The maximum Gasteiger partial charge on any atom is -0.00773 e. The van der Waals surface area contributed by atoms with Crippen LogP contribution in [0, 0.1) is 0 Å². The van der Waals surface area contributed by atoms with Gasteiger partial charge in [0.25, 0.3) is 0 Å². The molecule has 0 spiro atoms. The van der Waals surface area contributed by atoms with Crippen molar-refractivity contribution in [1.29, 1.82) is 0 Å². The van der Waals surface area contributed by atoms with E-state index in [1.807, 2.05) is 0 Å². The Kier molecular flexibility index (Phi) is 27.5. The summed E-state index contributed by atoms with van der Waals surface area (Å²) in [5, 5.41) is 0. The lowest BCUT2D eigenvalue weighted by Gasteiger charge is -2.01. The van der Waals surface area contributed by atoms with Gasteiger partial charge in [0.2, 0.25) is 0 Å². The van der Waals surface area contributed by atoms with E-state index in [-0.39, 0.29) is 0 Å². The quantitative estimate of drug-likeness (QED) is 0.376. The molecule has 0 bridgehead atoms. The zero-order valence-electron chi connectivity index (χ0n) is 15.2. The van der Waals surface area contributed by atoms with Crippen molar-refractivity contribution in [1.82, 2.24) is 0 Å². The standard InChI is InChI=1S/C13H29N.C6H15N/c1-2-3-4-5-6-7-8-9-10-11-12-13-14;1-2-3-4-5-6-7/h2-14H2,1H3;2-7H2,1H3. The molecule has 0 saturated heterocycles. The number of rotatable bonds is 15. The molecule has 0 amide bonds. The van der Waals surface area contributed by atoms with Gasteiger partial charge in [0.15, 0.2) is 0 Å². The predicted octanol–water partition coefficient (Wildman–Crippen LogP) is 5.78. The van der Waals surface area contributed by atoms with Gasteiger partial charge in [0.05, 0.1) is 0 Å². The number of nitrogens with two attached hydrogens (primary N) is 2. The molecule has 0 aromatic heterocycles. The highest BCUT2D eigenvalue weighted by molar-refractivity contribution is 4.48. The first-order valence-electron chi connectivity index (χ1n) is 9.73. The highest BCUT2D eigenvalue weighted by Crippen LogP contribution is 2.10. The van der Waals surface area contributed by atoms with Crippen molar-refractivity contribution in [3.63, 3.8) is 0 Å². The number of hydrogen-bond acceptors (Lipinski definition) is 2. The lowest BCUT2D eigenvalue weighted by Crippen LogP contribution is -1.97. The second kappa shape index (κ2) is 24.9. The Balaban J connectivity index is 0. The summed E-state index contributed by atoms with van der Waals surface area (Å²) in [4.78, 5) is 0. The molecule has 0 atom stereocenters. The Morgan fingerprint density at radius 3 is 0.905 bits per heavy atom. The van der Waals surface area contributed by atoms with Crippen LogP contribution in [0.3, 0.4) is 0 Å². The molecule has 0 aromatic carbocycles. The van der Waals surface area contributed by atoms with E-state index < -0.39 is 0 Å². The molecule has 21 heavy (non-hydrogen) atoms. The van der Waals surface area contributed by atoms with Crippen molar-refractivity contribution >= 4 is 0 Å². The first-order chi connectivity index (χ1) is 10.3. The first kappa shape index (κ1) is 23.2. The summed E-state index contributed by atoms with van der Waals surface area (Å²) in [6.07, 6.45) is 20.6. The van der Waals surface area contributed by atoms with Crippen LogP contribution in [0.2, 0.25) is 0 Å². The van der Waals surface area contributed by atoms with Crippen molar-refractivity contribution in [3.05, 3.63) is 0 Å². The van der Waals surface area contributed by atoms with E-state index >= 15 is 0 Å². The van der Waals surface area contributed by atoms with Gasteiger partial charge in [-0.05, 0) is 25.9 Å². The minimum absolute atomic E-state index is 0.861. The van der Waals surface area contributed by atoms with Crippen molar-refractivity contribution in [3.8, 4) is 0 Å². The van der Waals surface area contributed by atoms with Gasteiger partial charge in [-0.15, -0.1) is 0 Å². The van der Waals surface area contributed by atoms with E-state index in [0.717, 1.165) is 13.1 Å². The Morgan fingerprint density at radius 2 is 0.619 bits per heavy atom. The molecule has 0 fully saturated rings. The average Bonchev–Trinajstić information content (AvgIpc) is 2.50. The summed E-state index contributed by atoms with van der Waals surface area (Å²) < 4.78 is 0. The molecule has 2 heteroatoms. The van der Waals surface area contributed by atoms with Crippen molar-refractivity contribution in [2.75, 3.05) is 13.1 Å². The molecule has 0 aliphatic heterocycles. The SMILES string of the molecule is CCCCCCCCCCCCCN.CCCCCCN. The molecular weight excluding hydrogens is 256 g/mol. The Morgan fingerprint density at radius 1 is 0.381 bits per heavy atom. The highest BCUT2D eigenvalue weighted by atomic mass is 14.5. The minimum Gasteiger partial charge on any atom is -0.330 e. The van der Waals surface area contributed by atoms with E-state index in [4.69, 9.17) is 11.5 Å². The second-order valence-electron chi connectivity index (χ2n) is 6.17. The van der Waals surface area contributed by atoms with Crippen molar-refractivity contribution in [2.45, 2.75) is 110 Å². The Labute approximate surface area is 135 Å². The summed E-state index contributed by atoms with van der Waals surface area (Å²) in [6.45, 7) is 6.21. The van der Waals surface area contributed by atoms with Gasteiger partial charge >= 0.3 is 0 Å². The monoisotopic (exact) mass is 300 g/mol. The van der Waals surface area contributed by atoms with Gasteiger partial charge in [-0.25, -0.2) is 0 Å². The van der Waals surface area contributed by atoms with E-state index in [2.05, 4.69) is 13.8 Å². The van der Waals surface area contributed by atoms with Crippen molar-refractivity contribution < 1.29 is 0 Å². The molecule has 0 aromatic rings. The van der Waals surface area contributed by atoms with Gasteiger partial charge < -0.3 is 11.5 Å². The van der Waals surface area contributed by atoms with E-state index in [1.165, 1.54) is 96.3 Å². The molecule has 2 nitrogen and oxygen atoms in total. The fraction of sp³-hybridized carbons (Fsp3) is 1.00. The van der Waals surface area contributed by atoms with Crippen molar-refractivity contribution in [2.24, 2.45) is 11.5 Å². The molecule has 130 valence electrons. The first-order valence-corrected chi connectivity index (χ1v) is 9.73. The van der Waals surface area contributed by atoms with Gasteiger partial charge in [-0.2, -0.15) is 0 Å². The normalized spacial score (nSPS) is 10.3. The lowest BCUT2D eigenvalue weighted by molar-refractivity contribution is 0.551. The summed E-state index contributed by atoms with van der Waals surface area (Å²) in [7, 11) is 0. The summed E-state index contributed by atoms with van der Waals surface area (Å²) in [5.74, 6) is 0. The molecule has 0 aliphatic carbocycles. The maximum atomic E-state index is 5.44. The molecule has 0 aliphatic rings. The van der Waals surface area contributed by atoms with Crippen LogP contribution >= 0.6 is 0 Å². The third-order valence-corrected chi connectivity index (χ3v) is 3.87. The topological polar surface area (TPSA) is 52.0 Å². The third kappa shape index (κ3) is 28.7. The van der Waals surface area contributed by atoms with Gasteiger partial charge in [0, 0.05) is 0 Å².